The average molecular weight is 497 g/mol. The summed E-state index contributed by atoms with van der Waals surface area (Å²) in [6, 6.07) is 5.67. The number of hydrogen-bond acceptors (Lipinski definition) is 7. The number of rotatable bonds is 7. The first kappa shape index (κ1) is 26.1. The van der Waals surface area contributed by atoms with Gasteiger partial charge in [0.25, 0.3) is 0 Å². The Labute approximate surface area is 209 Å². The molecular weight excluding hydrogens is 467 g/mol. The maximum atomic E-state index is 12.9. The van der Waals surface area contributed by atoms with Crippen LogP contribution in [0.15, 0.2) is 36.7 Å². The van der Waals surface area contributed by atoms with Gasteiger partial charge < -0.3 is 9.47 Å². The Bertz CT molecular complexity index is 1240. The number of carbonyl (C=O) groups is 1. The molecule has 1 atom stereocenters. The van der Waals surface area contributed by atoms with Crippen molar-refractivity contribution in [1.29, 1.82) is 0 Å². The molecule has 0 bridgehead atoms. The highest BCUT2D eigenvalue weighted by molar-refractivity contribution is 7.19. The minimum atomic E-state index is -0.593. The second-order valence-electron chi connectivity index (χ2n) is 8.82. The van der Waals surface area contributed by atoms with Crippen LogP contribution in [0.25, 0.3) is 16.3 Å². The van der Waals surface area contributed by atoms with Crippen LogP contribution in [0.3, 0.4) is 0 Å². The number of benzene rings is 1. The summed E-state index contributed by atoms with van der Waals surface area (Å²) in [6.07, 6.45) is 6.74. The van der Waals surface area contributed by atoms with Gasteiger partial charge in [0.15, 0.2) is 5.82 Å². The molecule has 0 radical (unpaired) electrons. The fourth-order valence-corrected chi connectivity index (χ4v) is 3.68. The third kappa shape index (κ3) is 7.76. The zero-order chi connectivity index (χ0) is 25.4. The number of aromatic nitrogens is 3. The molecule has 0 saturated heterocycles. The molecule has 2 aromatic heterocycles. The number of amides is 1. The van der Waals surface area contributed by atoms with Gasteiger partial charge >= 0.3 is 6.09 Å². The maximum Gasteiger partial charge on any atom is 0.415 e. The van der Waals surface area contributed by atoms with Gasteiger partial charge in [-0.15, -0.1) is 11.3 Å². The van der Waals surface area contributed by atoms with E-state index in [1.54, 1.807) is 33.9 Å². The highest BCUT2D eigenvalue weighted by atomic mass is 32.1. The lowest BCUT2D eigenvalue weighted by Gasteiger charge is -2.23. The van der Waals surface area contributed by atoms with Crippen LogP contribution in [0.4, 0.5) is 15.0 Å². The van der Waals surface area contributed by atoms with Gasteiger partial charge in [-0.2, -0.15) is 0 Å². The summed E-state index contributed by atoms with van der Waals surface area (Å²) < 4.78 is 24.9. The van der Waals surface area contributed by atoms with Crippen molar-refractivity contribution in [1.82, 2.24) is 15.0 Å². The van der Waals surface area contributed by atoms with Gasteiger partial charge in [0.05, 0.1) is 35.9 Å². The topological polar surface area (TPSA) is 77.4 Å². The fraction of sp³-hybridized carbons (Fsp3) is 0.385. The third-order valence-corrected chi connectivity index (χ3v) is 5.80. The van der Waals surface area contributed by atoms with E-state index in [0.717, 1.165) is 21.6 Å². The molecule has 0 aliphatic rings. The summed E-state index contributed by atoms with van der Waals surface area (Å²) in [5.74, 6) is 6.83. The maximum absolute atomic E-state index is 12.9. The van der Waals surface area contributed by atoms with Crippen LogP contribution in [0.1, 0.15) is 44.8 Å². The lowest BCUT2D eigenvalue weighted by Crippen LogP contribution is -2.34. The Morgan fingerprint density at radius 2 is 2.09 bits per heavy atom. The summed E-state index contributed by atoms with van der Waals surface area (Å²) in [5, 5.41) is 0.807. The van der Waals surface area contributed by atoms with E-state index in [9.17, 15) is 9.18 Å². The van der Waals surface area contributed by atoms with E-state index >= 15 is 0 Å². The first-order valence-electron chi connectivity index (χ1n) is 11.2. The van der Waals surface area contributed by atoms with E-state index in [-0.39, 0.29) is 12.6 Å². The third-order valence-electron chi connectivity index (χ3n) is 4.82. The van der Waals surface area contributed by atoms with Crippen molar-refractivity contribution in [3.8, 4) is 17.6 Å². The summed E-state index contributed by atoms with van der Waals surface area (Å²) in [7, 11) is 1.57. The van der Waals surface area contributed by atoms with Crippen molar-refractivity contribution < 1.29 is 18.7 Å². The van der Waals surface area contributed by atoms with E-state index in [0.29, 0.717) is 23.9 Å². The van der Waals surface area contributed by atoms with E-state index in [4.69, 9.17) is 9.47 Å². The second kappa shape index (κ2) is 11.8. The Balaban J connectivity index is 1.60. The minimum absolute atomic E-state index is 0.0870. The van der Waals surface area contributed by atoms with Crippen LogP contribution in [-0.4, -0.2) is 47.0 Å². The van der Waals surface area contributed by atoms with Crippen LogP contribution in [0.5, 0.6) is 5.75 Å². The lowest BCUT2D eigenvalue weighted by molar-refractivity contribution is 0.0588. The van der Waals surface area contributed by atoms with Crippen LogP contribution in [0.2, 0.25) is 0 Å². The Morgan fingerprint density at radius 1 is 1.29 bits per heavy atom. The van der Waals surface area contributed by atoms with Gasteiger partial charge in [0.1, 0.15) is 22.1 Å². The molecule has 35 heavy (non-hydrogen) atoms. The molecule has 2 heterocycles. The zero-order valence-electron chi connectivity index (χ0n) is 20.5. The molecule has 9 heteroatoms. The van der Waals surface area contributed by atoms with Gasteiger partial charge in [-0.1, -0.05) is 12.8 Å². The predicted octanol–water partition coefficient (Wildman–Crippen LogP) is 5.90. The molecule has 0 spiro atoms. The van der Waals surface area contributed by atoms with Gasteiger partial charge in [0, 0.05) is 13.0 Å². The van der Waals surface area contributed by atoms with Crippen LogP contribution in [-0.2, 0) is 4.74 Å². The van der Waals surface area contributed by atoms with Crippen molar-refractivity contribution in [2.45, 2.75) is 39.7 Å². The van der Waals surface area contributed by atoms with Crippen molar-refractivity contribution >= 4 is 39.5 Å². The standard InChI is InChI=1S/C26H29FN4O3S/c1-6-18(14-27)17-33-20-11-12-21-22(13-20)35-24(30-21)10-8-7-9-19-15-29-23(16-28-19)31(5)25(32)34-26(2,3)4/h8,10-13,15-16,18H,6,14,17H2,1-5H3/b10-8+. The quantitative estimate of drug-likeness (QED) is 0.379. The van der Waals surface area contributed by atoms with Crippen molar-refractivity contribution in [2.75, 3.05) is 25.2 Å². The van der Waals surface area contributed by atoms with E-state index < -0.39 is 11.7 Å². The normalized spacial score (nSPS) is 12.3. The molecule has 0 saturated carbocycles. The van der Waals surface area contributed by atoms with Crippen LogP contribution in [0, 0.1) is 17.8 Å². The first-order valence-corrected chi connectivity index (χ1v) is 12.1. The number of nitrogens with zero attached hydrogens (tertiary/aromatic N) is 4. The minimum Gasteiger partial charge on any atom is -0.493 e. The fourth-order valence-electron chi connectivity index (χ4n) is 2.78. The number of halogens is 1. The summed E-state index contributed by atoms with van der Waals surface area (Å²) in [4.78, 5) is 26.5. The number of hydrogen-bond donors (Lipinski definition) is 0. The van der Waals surface area contributed by atoms with Crippen molar-refractivity contribution in [3.05, 3.63) is 47.4 Å². The molecule has 0 N–H and O–H groups in total. The predicted molar refractivity (Wildman–Crippen MR) is 137 cm³/mol. The highest BCUT2D eigenvalue weighted by Crippen LogP contribution is 2.27. The molecule has 3 aromatic rings. The monoisotopic (exact) mass is 496 g/mol. The number of alkyl halides is 1. The molecule has 3 rings (SSSR count). The van der Waals surface area contributed by atoms with E-state index in [1.165, 1.54) is 28.6 Å². The number of carbonyl (C=O) groups excluding carboxylic acids is 1. The van der Waals surface area contributed by atoms with Crippen LogP contribution < -0.4 is 9.64 Å². The number of fused-ring (bicyclic) bond motifs is 1. The molecule has 1 unspecified atom stereocenters. The molecule has 1 aromatic carbocycles. The van der Waals surface area contributed by atoms with Gasteiger partial charge in [-0.25, -0.2) is 19.7 Å². The number of thiazole rings is 1. The first-order chi connectivity index (χ1) is 16.7. The Kier molecular flexibility index (Phi) is 8.77. The molecule has 0 fully saturated rings. The molecular formula is C26H29FN4O3S. The summed E-state index contributed by atoms with van der Waals surface area (Å²) in [6.45, 7) is 7.34. The Morgan fingerprint density at radius 3 is 2.74 bits per heavy atom. The van der Waals surface area contributed by atoms with Crippen molar-refractivity contribution in [3.63, 3.8) is 0 Å². The SMILES string of the molecule is CCC(CF)COc1ccc2nc(/C=C/C#Cc3cnc(N(C)C(=O)OC(C)(C)C)cn3)sc2c1. The molecule has 1 amide bonds. The van der Waals surface area contributed by atoms with E-state index in [2.05, 4.69) is 26.8 Å². The van der Waals surface area contributed by atoms with Gasteiger partial charge in [-0.3, -0.25) is 9.29 Å². The zero-order valence-corrected chi connectivity index (χ0v) is 21.4. The lowest BCUT2D eigenvalue weighted by atomic mass is 10.1. The molecule has 0 aliphatic heterocycles. The number of allylic oxidation sites excluding steroid dienone is 1. The summed E-state index contributed by atoms with van der Waals surface area (Å²) >= 11 is 1.52. The molecule has 0 aliphatic carbocycles. The summed E-state index contributed by atoms with van der Waals surface area (Å²) in [5.41, 5.74) is 0.744. The van der Waals surface area contributed by atoms with Crippen LogP contribution >= 0.6 is 11.3 Å². The smallest absolute Gasteiger partial charge is 0.415 e. The van der Waals surface area contributed by atoms with E-state index in [1.807, 2.05) is 31.2 Å². The molecule has 7 nitrogen and oxygen atoms in total. The second-order valence-corrected chi connectivity index (χ2v) is 9.89. The highest BCUT2D eigenvalue weighted by Gasteiger charge is 2.21. The van der Waals surface area contributed by atoms with Crippen molar-refractivity contribution in [2.24, 2.45) is 5.92 Å². The number of anilines is 1. The van der Waals surface area contributed by atoms with Gasteiger partial charge in [0.2, 0.25) is 0 Å². The number of ether oxygens (including phenoxy) is 2. The molecule has 184 valence electrons. The Hall–Kier alpha value is -3.51. The van der Waals surface area contributed by atoms with Gasteiger partial charge in [-0.05, 0) is 63.5 Å². The average Bonchev–Trinajstić information content (AvgIpc) is 3.23. The largest absolute Gasteiger partial charge is 0.493 e.